The molecule has 146 valence electrons. The van der Waals surface area contributed by atoms with E-state index in [-0.39, 0.29) is 5.56 Å². The molecule has 0 saturated heterocycles. The number of hydrogen-bond donors (Lipinski definition) is 0. The molecule has 3 aromatic rings. The Hall–Kier alpha value is -2.19. The summed E-state index contributed by atoms with van der Waals surface area (Å²) in [5, 5.41) is 4.94. The maximum atomic E-state index is 13.0. The first-order chi connectivity index (χ1) is 13.5. The summed E-state index contributed by atoms with van der Waals surface area (Å²) >= 11 is 6.87. The zero-order valence-corrected chi connectivity index (χ0v) is 18.9. The van der Waals surface area contributed by atoms with Gasteiger partial charge in [-0.25, -0.2) is 4.98 Å². The highest BCUT2D eigenvalue weighted by Crippen LogP contribution is 2.35. The predicted molar refractivity (Wildman–Crippen MR) is 118 cm³/mol. The van der Waals surface area contributed by atoms with Gasteiger partial charge in [0.25, 0.3) is 5.56 Å². The number of hydrogen-bond acceptors (Lipinski definition) is 5. The monoisotopic (exact) mass is 507 g/mol. The minimum absolute atomic E-state index is 0.203. The summed E-state index contributed by atoms with van der Waals surface area (Å²) in [6.07, 6.45) is 3.11. The van der Waals surface area contributed by atoms with Gasteiger partial charge in [0, 0.05) is 10.9 Å². The third-order valence-corrected chi connectivity index (χ3v) is 5.21. The van der Waals surface area contributed by atoms with Crippen LogP contribution >= 0.6 is 31.9 Å². The van der Waals surface area contributed by atoms with Crippen LogP contribution in [0.25, 0.3) is 10.9 Å². The highest BCUT2D eigenvalue weighted by molar-refractivity contribution is 9.10. The van der Waals surface area contributed by atoms with Crippen molar-refractivity contribution in [3.63, 3.8) is 0 Å². The second kappa shape index (κ2) is 8.87. The van der Waals surface area contributed by atoms with Gasteiger partial charge in [0.2, 0.25) is 0 Å². The molecule has 0 N–H and O–H groups in total. The summed E-state index contributed by atoms with van der Waals surface area (Å²) in [5.74, 6) is 1.79. The molecular weight excluding hydrogens is 490 g/mol. The number of benzene rings is 2. The van der Waals surface area contributed by atoms with Crippen molar-refractivity contribution in [3.05, 3.63) is 61.0 Å². The summed E-state index contributed by atoms with van der Waals surface area (Å²) in [5.41, 5.74) is 1.22. The Bertz CT molecular complexity index is 1110. The van der Waals surface area contributed by atoms with Crippen LogP contribution in [0.5, 0.6) is 11.5 Å². The van der Waals surface area contributed by atoms with Crippen molar-refractivity contribution < 1.29 is 9.47 Å². The second-order valence-electron chi connectivity index (χ2n) is 6.04. The lowest BCUT2D eigenvalue weighted by molar-refractivity contribution is 0.353. The van der Waals surface area contributed by atoms with Gasteiger partial charge in [0.1, 0.15) is 5.82 Å². The Morgan fingerprint density at radius 2 is 1.96 bits per heavy atom. The van der Waals surface area contributed by atoms with Crippen molar-refractivity contribution in [2.75, 3.05) is 14.2 Å². The molecule has 2 aromatic carbocycles. The maximum Gasteiger partial charge on any atom is 0.282 e. The molecule has 8 heteroatoms. The summed E-state index contributed by atoms with van der Waals surface area (Å²) < 4.78 is 13.6. The van der Waals surface area contributed by atoms with Gasteiger partial charge < -0.3 is 9.47 Å². The van der Waals surface area contributed by atoms with Crippen LogP contribution in [-0.4, -0.2) is 30.1 Å². The molecule has 28 heavy (non-hydrogen) atoms. The minimum Gasteiger partial charge on any atom is -0.493 e. The van der Waals surface area contributed by atoms with Gasteiger partial charge in [-0.2, -0.15) is 9.78 Å². The van der Waals surface area contributed by atoms with Crippen molar-refractivity contribution >= 4 is 49.0 Å². The van der Waals surface area contributed by atoms with Crippen molar-refractivity contribution in [1.82, 2.24) is 9.66 Å². The summed E-state index contributed by atoms with van der Waals surface area (Å²) in [4.78, 5) is 17.7. The number of aromatic nitrogens is 2. The largest absolute Gasteiger partial charge is 0.493 e. The van der Waals surface area contributed by atoms with Crippen LogP contribution < -0.4 is 15.0 Å². The standard InChI is InChI=1S/C20H19Br2N3O3/c1-4-5-18-24-16-7-6-13(21)10-14(16)20(26)25(18)23-11-12-8-15(22)19(28-3)17(9-12)27-2/h6-11H,4-5H2,1-3H3. The first-order valence-electron chi connectivity index (χ1n) is 8.65. The van der Waals surface area contributed by atoms with Crippen LogP contribution in [0.15, 0.2) is 49.2 Å². The molecule has 0 aliphatic carbocycles. The maximum absolute atomic E-state index is 13.0. The van der Waals surface area contributed by atoms with Crippen LogP contribution in [0, 0.1) is 0 Å². The number of halogens is 2. The van der Waals surface area contributed by atoms with Gasteiger partial charge in [-0.1, -0.05) is 22.9 Å². The Labute approximate surface area is 179 Å². The molecule has 0 unspecified atom stereocenters. The number of ether oxygens (including phenoxy) is 2. The zero-order valence-electron chi connectivity index (χ0n) is 15.7. The van der Waals surface area contributed by atoms with E-state index in [2.05, 4.69) is 41.9 Å². The number of fused-ring (bicyclic) bond motifs is 1. The molecule has 0 fully saturated rings. The molecule has 0 aliphatic rings. The molecule has 3 rings (SSSR count). The van der Waals surface area contributed by atoms with Gasteiger partial charge in [0.15, 0.2) is 11.5 Å². The minimum atomic E-state index is -0.203. The molecule has 0 bridgehead atoms. The molecule has 1 heterocycles. The second-order valence-corrected chi connectivity index (χ2v) is 7.81. The topological polar surface area (TPSA) is 65.7 Å². The lowest BCUT2D eigenvalue weighted by Crippen LogP contribution is -2.22. The highest BCUT2D eigenvalue weighted by Gasteiger charge is 2.12. The molecule has 6 nitrogen and oxygen atoms in total. The molecule has 0 atom stereocenters. The zero-order chi connectivity index (χ0) is 20.3. The average Bonchev–Trinajstić information content (AvgIpc) is 2.68. The highest BCUT2D eigenvalue weighted by atomic mass is 79.9. The van der Waals surface area contributed by atoms with E-state index in [9.17, 15) is 4.79 Å². The lowest BCUT2D eigenvalue weighted by Gasteiger charge is -2.11. The van der Waals surface area contributed by atoms with E-state index >= 15 is 0 Å². The third kappa shape index (κ3) is 4.12. The molecule has 0 radical (unpaired) electrons. The van der Waals surface area contributed by atoms with Crippen LogP contribution in [-0.2, 0) is 6.42 Å². The van der Waals surface area contributed by atoms with Crippen LogP contribution in [0.2, 0.25) is 0 Å². The van der Waals surface area contributed by atoms with E-state index in [4.69, 9.17) is 9.47 Å². The molecule has 1 aromatic heterocycles. The molecule has 0 saturated carbocycles. The summed E-state index contributed by atoms with van der Waals surface area (Å²) in [6, 6.07) is 9.11. The van der Waals surface area contributed by atoms with Crippen molar-refractivity contribution in [1.29, 1.82) is 0 Å². The normalized spacial score (nSPS) is 11.3. The SMILES string of the molecule is CCCc1nc2ccc(Br)cc2c(=O)n1N=Cc1cc(Br)c(OC)c(OC)c1. The number of aryl methyl sites for hydroxylation is 1. The average molecular weight is 509 g/mol. The fourth-order valence-electron chi connectivity index (χ4n) is 2.84. The van der Waals surface area contributed by atoms with Crippen LogP contribution in [0.4, 0.5) is 0 Å². The Kier molecular flexibility index (Phi) is 6.51. The van der Waals surface area contributed by atoms with Gasteiger partial charge in [0.05, 0.1) is 35.8 Å². The van der Waals surface area contributed by atoms with Gasteiger partial charge in [-0.3, -0.25) is 4.79 Å². The first kappa shape index (κ1) is 20.5. The Morgan fingerprint density at radius 1 is 1.18 bits per heavy atom. The predicted octanol–water partition coefficient (Wildman–Crippen LogP) is 4.77. The first-order valence-corrected chi connectivity index (χ1v) is 10.2. The quantitative estimate of drug-likeness (QED) is 0.450. The Morgan fingerprint density at radius 3 is 2.64 bits per heavy atom. The molecule has 0 spiro atoms. The van der Waals surface area contributed by atoms with Crippen molar-refractivity contribution in [3.8, 4) is 11.5 Å². The van der Waals surface area contributed by atoms with E-state index in [1.807, 2.05) is 25.1 Å². The van der Waals surface area contributed by atoms with E-state index in [1.165, 1.54) is 4.68 Å². The number of methoxy groups -OCH3 is 2. The summed E-state index contributed by atoms with van der Waals surface area (Å²) in [6.45, 7) is 2.04. The van der Waals surface area contributed by atoms with E-state index in [0.717, 1.165) is 20.9 Å². The lowest BCUT2D eigenvalue weighted by atomic mass is 10.2. The van der Waals surface area contributed by atoms with Crippen molar-refractivity contribution in [2.24, 2.45) is 5.10 Å². The van der Waals surface area contributed by atoms with Crippen molar-refractivity contribution in [2.45, 2.75) is 19.8 Å². The fourth-order valence-corrected chi connectivity index (χ4v) is 3.82. The smallest absolute Gasteiger partial charge is 0.282 e. The number of rotatable bonds is 6. The van der Waals surface area contributed by atoms with Gasteiger partial charge in [-0.05, 0) is 58.2 Å². The van der Waals surface area contributed by atoms with Gasteiger partial charge >= 0.3 is 0 Å². The molecule has 0 amide bonds. The van der Waals surface area contributed by atoms with Crippen LogP contribution in [0.1, 0.15) is 24.7 Å². The Balaban J connectivity index is 2.13. The fraction of sp³-hybridized carbons (Fsp3) is 0.250. The molecular formula is C20H19Br2N3O3. The summed E-state index contributed by atoms with van der Waals surface area (Å²) in [7, 11) is 3.14. The van der Waals surface area contributed by atoms with E-state index in [0.29, 0.717) is 34.6 Å². The number of nitrogens with zero attached hydrogens (tertiary/aromatic N) is 3. The van der Waals surface area contributed by atoms with Gasteiger partial charge in [-0.15, -0.1) is 0 Å². The van der Waals surface area contributed by atoms with E-state index in [1.54, 1.807) is 32.6 Å². The third-order valence-electron chi connectivity index (χ3n) is 4.13. The van der Waals surface area contributed by atoms with Crippen LogP contribution in [0.3, 0.4) is 0 Å². The van der Waals surface area contributed by atoms with E-state index < -0.39 is 0 Å². The molecule has 0 aliphatic heterocycles.